The molecule has 1 aromatic heterocycles. The lowest BCUT2D eigenvalue weighted by Crippen LogP contribution is -2.52. The minimum absolute atomic E-state index is 0.0557. The molecule has 118 valence electrons. The van der Waals surface area contributed by atoms with Gasteiger partial charge in [0.05, 0.1) is 12.2 Å². The number of likely N-dealkylation sites (tertiary alicyclic amines) is 1. The molecule has 6 nitrogen and oxygen atoms in total. The number of aromatic nitrogens is 1. The number of ether oxygens (including phenoxy) is 1. The Labute approximate surface area is 130 Å². The first-order valence-electron chi connectivity index (χ1n) is 7.11. The van der Waals surface area contributed by atoms with Crippen molar-refractivity contribution in [1.82, 2.24) is 9.88 Å². The van der Waals surface area contributed by atoms with Crippen LogP contribution in [-0.2, 0) is 11.3 Å². The van der Waals surface area contributed by atoms with Gasteiger partial charge >= 0.3 is 0 Å². The Balaban J connectivity index is 2.01. The minimum Gasteiger partial charge on any atom is -0.383 e. The van der Waals surface area contributed by atoms with E-state index in [-0.39, 0.29) is 10.7 Å². The average molecular weight is 314 g/mol. The molecule has 0 unspecified atom stereocenters. The zero-order valence-electron chi connectivity index (χ0n) is 12.6. The highest BCUT2D eigenvalue weighted by molar-refractivity contribution is 6.69. The molecule has 0 radical (unpaired) electrons. The molecule has 7 heteroatoms. The third kappa shape index (κ3) is 3.77. The third-order valence-corrected chi connectivity index (χ3v) is 4.30. The monoisotopic (exact) mass is 313 g/mol. The van der Waals surface area contributed by atoms with Gasteiger partial charge in [-0.3, -0.25) is 10.3 Å². The van der Waals surface area contributed by atoms with Crippen molar-refractivity contribution < 1.29 is 4.74 Å². The maximum atomic E-state index is 7.72. The summed E-state index contributed by atoms with van der Waals surface area (Å²) in [5.41, 5.74) is 7.89. The lowest BCUT2D eigenvalue weighted by Gasteiger charge is -2.38. The topological polar surface area (TPSA) is 90.2 Å². The molecule has 0 saturated carbocycles. The van der Waals surface area contributed by atoms with E-state index in [4.69, 9.17) is 27.5 Å². The Kier molecular flexibility index (Phi) is 5.27. The number of piperidine rings is 1. The summed E-state index contributed by atoms with van der Waals surface area (Å²) in [5, 5.41) is 10.8. The van der Waals surface area contributed by atoms with E-state index in [2.05, 4.69) is 15.2 Å². The number of nitrogens with two attached hydrogens (primary N) is 1. The molecule has 1 aliphatic rings. The quantitative estimate of drug-likeness (QED) is 0.600. The Bertz CT molecular complexity index is 494. The van der Waals surface area contributed by atoms with Gasteiger partial charge < -0.3 is 20.8 Å². The second-order valence-corrected chi connectivity index (χ2v) is 6.08. The van der Waals surface area contributed by atoms with Crippen LogP contribution in [0.25, 0.3) is 0 Å². The highest BCUT2D eigenvalue weighted by Gasteiger charge is 2.31. The molecule has 0 bridgehead atoms. The fourth-order valence-electron chi connectivity index (χ4n) is 2.87. The van der Waals surface area contributed by atoms with Gasteiger partial charge in [-0.05, 0) is 18.4 Å². The van der Waals surface area contributed by atoms with Gasteiger partial charge in [0.15, 0.2) is 0 Å². The maximum Gasteiger partial charge on any atom is 0.132 e. The van der Waals surface area contributed by atoms with E-state index in [0.29, 0.717) is 6.61 Å². The van der Waals surface area contributed by atoms with Crippen LogP contribution in [0.5, 0.6) is 0 Å². The van der Waals surface area contributed by atoms with E-state index < -0.39 is 0 Å². The minimum atomic E-state index is -0.207. The van der Waals surface area contributed by atoms with Crippen LogP contribution in [0, 0.1) is 5.41 Å². The number of methoxy groups -OCH3 is 1. The number of aromatic amines is 1. The van der Waals surface area contributed by atoms with Gasteiger partial charge in [0.1, 0.15) is 11.0 Å². The lowest BCUT2D eigenvalue weighted by molar-refractivity contribution is 0.0749. The molecule has 2 rings (SSSR count). The van der Waals surface area contributed by atoms with Crippen molar-refractivity contribution in [1.29, 1.82) is 5.41 Å². The number of hydrogen-bond acceptors (Lipinski definition) is 5. The first-order chi connectivity index (χ1) is 9.99. The highest BCUT2D eigenvalue weighted by Crippen LogP contribution is 2.25. The Morgan fingerprint density at radius 2 is 2.24 bits per heavy atom. The van der Waals surface area contributed by atoms with Crippen LogP contribution in [0.4, 0.5) is 5.82 Å². The fraction of sp³-hybridized carbons (Fsp3) is 0.643. The highest BCUT2D eigenvalue weighted by atomic mass is 35.5. The zero-order chi connectivity index (χ0) is 15.5. The summed E-state index contributed by atoms with van der Waals surface area (Å²) in [5.74, 6) is 0.787. The number of anilines is 1. The molecule has 0 aromatic carbocycles. The number of hydrogen-bond donors (Lipinski definition) is 4. The molecule has 1 aromatic rings. The van der Waals surface area contributed by atoms with E-state index in [0.717, 1.165) is 49.4 Å². The summed E-state index contributed by atoms with van der Waals surface area (Å²) >= 11 is 5.91. The standard InChI is InChI=1S/C14H24ClN5O/c1-18-13-11(12(15)16)10(7-19-13)8-20-5-3-14(17,4-6-20)9-21-2/h7,16,18-19H,3-6,8-9,17H2,1-2H3. The molecule has 21 heavy (non-hydrogen) atoms. The second-order valence-electron chi connectivity index (χ2n) is 5.70. The number of rotatable bonds is 6. The molecular formula is C14H24ClN5O. The Morgan fingerprint density at radius 3 is 2.76 bits per heavy atom. The molecular weight excluding hydrogens is 290 g/mol. The van der Waals surface area contributed by atoms with Gasteiger partial charge in [0.2, 0.25) is 0 Å². The molecule has 2 heterocycles. The van der Waals surface area contributed by atoms with Crippen molar-refractivity contribution in [2.75, 3.05) is 39.2 Å². The van der Waals surface area contributed by atoms with Crippen LogP contribution >= 0.6 is 11.6 Å². The Morgan fingerprint density at radius 1 is 1.57 bits per heavy atom. The van der Waals surface area contributed by atoms with Crippen molar-refractivity contribution in [3.8, 4) is 0 Å². The van der Waals surface area contributed by atoms with Gasteiger partial charge in [-0.25, -0.2) is 0 Å². The predicted molar refractivity (Wildman–Crippen MR) is 86.3 cm³/mol. The van der Waals surface area contributed by atoms with Gasteiger partial charge in [-0.1, -0.05) is 11.6 Å². The molecule has 1 saturated heterocycles. The number of nitrogens with zero attached hydrogens (tertiary/aromatic N) is 1. The van der Waals surface area contributed by atoms with E-state index in [9.17, 15) is 0 Å². The summed E-state index contributed by atoms with van der Waals surface area (Å²) < 4.78 is 5.20. The van der Waals surface area contributed by atoms with Crippen LogP contribution in [-0.4, -0.2) is 54.4 Å². The number of H-pyrrole nitrogens is 1. The van der Waals surface area contributed by atoms with Crippen LogP contribution < -0.4 is 11.1 Å². The van der Waals surface area contributed by atoms with Crippen LogP contribution in [0.3, 0.4) is 0 Å². The molecule has 0 amide bonds. The van der Waals surface area contributed by atoms with Crippen molar-refractivity contribution in [3.05, 3.63) is 17.3 Å². The molecule has 5 N–H and O–H groups in total. The van der Waals surface area contributed by atoms with Gasteiger partial charge in [-0.15, -0.1) is 0 Å². The Hall–Kier alpha value is -1.08. The van der Waals surface area contributed by atoms with Crippen LogP contribution in [0.15, 0.2) is 6.20 Å². The second kappa shape index (κ2) is 6.79. The van der Waals surface area contributed by atoms with E-state index in [1.165, 1.54) is 0 Å². The summed E-state index contributed by atoms with van der Waals surface area (Å²) in [7, 11) is 3.51. The van der Waals surface area contributed by atoms with Crippen molar-refractivity contribution in [2.24, 2.45) is 5.73 Å². The average Bonchev–Trinajstić information content (AvgIpc) is 2.85. The van der Waals surface area contributed by atoms with Crippen molar-refractivity contribution >= 4 is 22.6 Å². The predicted octanol–water partition coefficient (Wildman–Crippen LogP) is 1.56. The summed E-state index contributed by atoms with van der Waals surface area (Å²) in [6.07, 6.45) is 3.74. The number of nitrogens with one attached hydrogen (secondary N) is 3. The largest absolute Gasteiger partial charge is 0.383 e. The summed E-state index contributed by atoms with van der Waals surface area (Å²) in [4.78, 5) is 5.46. The first kappa shape index (κ1) is 16.3. The molecule has 1 aliphatic heterocycles. The summed E-state index contributed by atoms with van der Waals surface area (Å²) in [6, 6.07) is 0. The molecule has 0 spiro atoms. The number of halogens is 1. The van der Waals surface area contributed by atoms with Gasteiger partial charge in [0.25, 0.3) is 0 Å². The van der Waals surface area contributed by atoms with Crippen LogP contribution in [0.1, 0.15) is 24.0 Å². The lowest BCUT2D eigenvalue weighted by atomic mass is 9.89. The first-order valence-corrected chi connectivity index (χ1v) is 7.49. The van der Waals surface area contributed by atoms with E-state index in [1.54, 1.807) is 7.11 Å². The zero-order valence-corrected chi connectivity index (χ0v) is 13.4. The fourth-order valence-corrected chi connectivity index (χ4v) is 3.08. The molecule has 0 aliphatic carbocycles. The van der Waals surface area contributed by atoms with Crippen LogP contribution in [0.2, 0.25) is 0 Å². The van der Waals surface area contributed by atoms with Gasteiger partial charge in [-0.2, -0.15) is 0 Å². The van der Waals surface area contributed by atoms with Crippen molar-refractivity contribution in [2.45, 2.75) is 24.9 Å². The molecule has 1 fully saturated rings. The summed E-state index contributed by atoms with van der Waals surface area (Å²) in [6.45, 7) is 3.22. The van der Waals surface area contributed by atoms with Gasteiger partial charge in [0, 0.05) is 45.5 Å². The SMILES string of the molecule is CNc1[nH]cc(CN2CCC(N)(COC)CC2)c1C(=N)Cl. The van der Waals surface area contributed by atoms with E-state index >= 15 is 0 Å². The third-order valence-electron chi connectivity index (χ3n) is 4.11. The van der Waals surface area contributed by atoms with Crippen molar-refractivity contribution in [3.63, 3.8) is 0 Å². The molecule has 0 atom stereocenters. The smallest absolute Gasteiger partial charge is 0.132 e. The maximum absolute atomic E-state index is 7.72. The normalized spacial score (nSPS) is 18.7. The van der Waals surface area contributed by atoms with E-state index in [1.807, 2.05) is 13.2 Å².